The van der Waals surface area contributed by atoms with Crippen molar-refractivity contribution in [1.29, 1.82) is 0 Å². The van der Waals surface area contributed by atoms with Crippen LogP contribution in [-0.2, 0) is 0 Å². The molecule has 1 aromatic heterocycles. The maximum Gasteiger partial charge on any atom is 0.0551 e. The van der Waals surface area contributed by atoms with Gasteiger partial charge >= 0.3 is 0 Å². The molecule has 0 aliphatic rings. The van der Waals surface area contributed by atoms with E-state index in [4.69, 9.17) is 0 Å². The van der Waals surface area contributed by atoms with E-state index in [0.29, 0.717) is 0 Å². The molecule has 0 fully saturated rings. The number of anilines is 2. The van der Waals surface area contributed by atoms with Crippen molar-refractivity contribution in [3.63, 3.8) is 0 Å². The van der Waals surface area contributed by atoms with Gasteiger partial charge in [0, 0.05) is 27.9 Å². The number of rotatable bonds is 2. The van der Waals surface area contributed by atoms with Crippen molar-refractivity contribution in [2.24, 2.45) is 0 Å². The molecule has 1 N–H and O–H groups in total. The van der Waals surface area contributed by atoms with E-state index in [-0.39, 0.29) is 0 Å². The van der Waals surface area contributed by atoms with E-state index >= 15 is 0 Å². The SMILES string of the molecule is Brc1cccc2c(Nc3ccncc3I)cccc12. The molecule has 0 unspecified atom stereocenters. The van der Waals surface area contributed by atoms with E-state index in [2.05, 4.69) is 85.2 Å². The highest BCUT2D eigenvalue weighted by molar-refractivity contribution is 14.1. The van der Waals surface area contributed by atoms with Gasteiger partial charge in [0.2, 0.25) is 0 Å². The van der Waals surface area contributed by atoms with Gasteiger partial charge in [-0.05, 0) is 46.2 Å². The molecule has 0 radical (unpaired) electrons. The second kappa shape index (κ2) is 5.46. The second-order valence-electron chi connectivity index (χ2n) is 4.12. The Balaban J connectivity index is 2.12. The third-order valence-electron chi connectivity index (χ3n) is 2.91. The number of nitrogens with zero attached hydrogens (tertiary/aromatic N) is 1. The Kier molecular flexibility index (Phi) is 3.70. The average Bonchev–Trinajstić information content (AvgIpc) is 2.42. The third-order valence-corrected chi connectivity index (χ3v) is 4.46. The summed E-state index contributed by atoms with van der Waals surface area (Å²) in [4.78, 5) is 4.11. The summed E-state index contributed by atoms with van der Waals surface area (Å²) in [6.45, 7) is 0. The van der Waals surface area contributed by atoms with Crippen molar-refractivity contribution in [2.75, 3.05) is 5.32 Å². The van der Waals surface area contributed by atoms with Gasteiger partial charge in [0.1, 0.15) is 0 Å². The topological polar surface area (TPSA) is 24.9 Å². The fourth-order valence-electron chi connectivity index (χ4n) is 2.00. The summed E-state index contributed by atoms with van der Waals surface area (Å²) < 4.78 is 2.21. The zero-order chi connectivity index (χ0) is 13.2. The van der Waals surface area contributed by atoms with Crippen LogP contribution in [0.25, 0.3) is 10.8 Å². The normalized spacial score (nSPS) is 10.6. The van der Waals surface area contributed by atoms with E-state index in [1.807, 2.05) is 12.3 Å². The minimum absolute atomic E-state index is 1.07. The first-order chi connectivity index (χ1) is 9.25. The largest absolute Gasteiger partial charge is 0.354 e. The molecule has 2 aromatic carbocycles. The van der Waals surface area contributed by atoms with Crippen LogP contribution in [0.15, 0.2) is 59.3 Å². The summed E-state index contributed by atoms with van der Waals surface area (Å²) in [6.07, 6.45) is 3.65. The van der Waals surface area contributed by atoms with Crippen molar-refractivity contribution >= 4 is 60.7 Å². The predicted octanol–water partition coefficient (Wildman–Crippen LogP) is 5.35. The Labute approximate surface area is 133 Å². The first-order valence-corrected chi connectivity index (χ1v) is 7.66. The van der Waals surface area contributed by atoms with Crippen molar-refractivity contribution in [1.82, 2.24) is 4.98 Å². The molecule has 94 valence electrons. The molecule has 0 bridgehead atoms. The minimum Gasteiger partial charge on any atom is -0.354 e. The summed E-state index contributed by atoms with van der Waals surface area (Å²) in [5.41, 5.74) is 2.17. The molecule has 0 amide bonds. The van der Waals surface area contributed by atoms with Crippen LogP contribution in [0.5, 0.6) is 0 Å². The summed E-state index contributed by atoms with van der Waals surface area (Å²) >= 11 is 5.87. The highest BCUT2D eigenvalue weighted by atomic mass is 127. The van der Waals surface area contributed by atoms with Gasteiger partial charge < -0.3 is 5.32 Å². The molecule has 0 aliphatic heterocycles. The lowest BCUT2D eigenvalue weighted by molar-refractivity contribution is 1.30. The van der Waals surface area contributed by atoms with Crippen LogP contribution in [0.2, 0.25) is 0 Å². The van der Waals surface area contributed by atoms with Gasteiger partial charge in [-0.15, -0.1) is 0 Å². The molecule has 0 saturated heterocycles. The van der Waals surface area contributed by atoms with Crippen LogP contribution in [0.4, 0.5) is 11.4 Å². The van der Waals surface area contributed by atoms with Gasteiger partial charge in [-0.1, -0.05) is 40.2 Å². The van der Waals surface area contributed by atoms with Gasteiger partial charge in [-0.3, -0.25) is 4.98 Å². The Hall–Kier alpha value is -1.14. The molecule has 2 nitrogen and oxygen atoms in total. The van der Waals surface area contributed by atoms with Crippen LogP contribution in [0.1, 0.15) is 0 Å². The van der Waals surface area contributed by atoms with Crippen LogP contribution in [0.3, 0.4) is 0 Å². The Bertz CT molecular complexity index is 743. The molecule has 0 spiro atoms. The molecule has 19 heavy (non-hydrogen) atoms. The number of hydrogen-bond donors (Lipinski definition) is 1. The molecule has 0 aliphatic carbocycles. The number of aromatic nitrogens is 1. The van der Waals surface area contributed by atoms with Crippen molar-refractivity contribution < 1.29 is 0 Å². The van der Waals surface area contributed by atoms with Crippen molar-refractivity contribution in [2.45, 2.75) is 0 Å². The number of halogens is 2. The van der Waals surface area contributed by atoms with Crippen LogP contribution >= 0.6 is 38.5 Å². The fraction of sp³-hybridized carbons (Fsp3) is 0. The Morgan fingerprint density at radius 2 is 1.74 bits per heavy atom. The van der Waals surface area contributed by atoms with Gasteiger partial charge in [-0.25, -0.2) is 0 Å². The van der Waals surface area contributed by atoms with Crippen molar-refractivity contribution in [3.05, 3.63) is 62.9 Å². The first kappa shape index (κ1) is 12.9. The zero-order valence-corrected chi connectivity index (χ0v) is 13.6. The lowest BCUT2D eigenvalue weighted by Crippen LogP contribution is -1.94. The number of benzene rings is 2. The van der Waals surface area contributed by atoms with Gasteiger partial charge in [0.25, 0.3) is 0 Å². The van der Waals surface area contributed by atoms with Gasteiger partial charge in [-0.2, -0.15) is 0 Å². The highest BCUT2D eigenvalue weighted by Gasteiger charge is 2.05. The smallest absolute Gasteiger partial charge is 0.0551 e. The van der Waals surface area contributed by atoms with Crippen LogP contribution in [0, 0.1) is 3.57 Å². The molecular weight excluding hydrogens is 415 g/mol. The van der Waals surface area contributed by atoms with Crippen LogP contribution < -0.4 is 5.32 Å². The Morgan fingerprint density at radius 1 is 0.947 bits per heavy atom. The lowest BCUT2D eigenvalue weighted by Gasteiger charge is -2.11. The first-order valence-electron chi connectivity index (χ1n) is 5.79. The lowest BCUT2D eigenvalue weighted by atomic mass is 10.1. The summed E-state index contributed by atoms with van der Waals surface area (Å²) in [5, 5.41) is 5.88. The average molecular weight is 425 g/mol. The van der Waals surface area contributed by atoms with Gasteiger partial charge in [0.15, 0.2) is 0 Å². The molecule has 3 aromatic rings. The molecule has 3 rings (SSSR count). The Morgan fingerprint density at radius 3 is 2.58 bits per heavy atom. The quantitative estimate of drug-likeness (QED) is 0.561. The minimum atomic E-state index is 1.07. The summed E-state index contributed by atoms with van der Waals surface area (Å²) in [6, 6.07) is 14.5. The third kappa shape index (κ3) is 2.60. The number of nitrogens with one attached hydrogen (secondary N) is 1. The predicted molar refractivity (Wildman–Crippen MR) is 91.9 cm³/mol. The summed E-state index contributed by atoms with van der Waals surface area (Å²) in [7, 11) is 0. The maximum absolute atomic E-state index is 4.11. The van der Waals surface area contributed by atoms with Gasteiger partial charge in [0.05, 0.1) is 9.26 Å². The van der Waals surface area contributed by atoms with E-state index < -0.39 is 0 Å². The maximum atomic E-state index is 4.11. The second-order valence-corrected chi connectivity index (χ2v) is 6.14. The van der Waals surface area contributed by atoms with E-state index in [9.17, 15) is 0 Å². The van der Waals surface area contributed by atoms with E-state index in [1.54, 1.807) is 6.20 Å². The van der Waals surface area contributed by atoms with E-state index in [1.165, 1.54) is 10.8 Å². The summed E-state index contributed by atoms with van der Waals surface area (Å²) in [5.74, 6) is 0. The van der Waals surface area contributed by atoms with E-state index in [0.717, 1.165) is 19.4 Å². The zero-order valence-electron chi connectivity index (χ0n) is 9.90. The van der Waals surface area contributed by atoms with Crippen molar-refractivity contribution in [3.8, 4) is 0 Å². The monoisotopic (exact) mass is 424 g/mol. The standard InChI is InChI=1S/C15H10BrIN2/c16-12-5-1-4-11-10(12)3-2-6-14(11)19-15-7-8-18-9-13(15)17/h1-9H,(H,18,19). The fourth-order valence-corrected chi connectivity index (χ4v) is 2.98. The molecule has 1 heterocycles. The van der Waals surface area contributed by atoms with Crippen LogP contribution in [-0.4, -0.2) is 4.98 Å². The number of fused-ring (bicyclic) bond motifs is 1. The number of hydrogen-bond acceptors (Lipinski definition) is 2. The number of pyridine rings is 1. The molecule has 4 heteroatoms. The molecular formula is C15H10BrIN2. The highest BCUT2D eigenvalue weighted by Crippen LogP contribution is 2.31. The molecule has 0 atom stereocenters. The molecule has 0 saturated carbocycles.